The molecular formula is C22H20N4O4S2. The zero-order chi connectivity index (χ0) is 22.9. The lowest BCUT2D eigenvalue weighted by Gasteiger charge is -2.09. The second-order valence-electron chi connectivity index (χ2n) is 7.01. The lowest BCUT2D eigenvalue weighted by Crippen LogP contribution is -2.23. The van der Waals surface area contributed by atoms with Crippen molar-refractivity contribution >= 4 is 38.6 Å². The van der Waals surface area contributed by atoms with Crippen molar-refractivity contribution in [2.45, 2.75) is 11.1 Å². The van der Waals surface area contributed by atoms with Crippen LogP contribution in [0.25, 0.3) is 5.69 Å². The maximum Gasteiger partial charge on any atom is 0.295 e. The van der Waals surface area contributed by atoms with Gasteiger partial charge in [0.1, 0.15) is 9.90 Å². The number of thiophene rings is 1. The minimum atomic E-state index is -3.74. The number of rotatable bonds is 6. The number of aromatic nitrogens is 2. The Hall–Kier alpha value is -3.63. The Kier molecular flexibility index (Phi) is 5.72. The van der Waals surface area contributed by atoms with Gasteiger partial charge < -0.3 is 5.32 Å². The lowest BCUT2D eigenvalue weighted by atomic mass is 10.2. The highest BCUT2D eigenvalue weighted by Crippen LogP contribution is 2.21. The van der Waals surface area contributed by atoms with Crippen LogP contribution in [0.4, 0.5) is 11.4 Å². The number of para-hydroxylation sites is 1. The molecule has 0 aliphatic carbocycles. The van der Waals surface area contributed by atoms with Gasteiger partial charge in [-0.05, 0) is 48.7 Å². The molecule has 164 valence electrons. The van der Waals surface area contributed by atoms with E-state index in [1.54, 1.807) is 60.4 Å². The van der Waals surface area contributed by atoms with E-state index in [2.05, 4.69) is 10.0 Å². The normalized spacial score (nSPS) is 11.3. The Bertz CT molecular complexity index is 1440. The first kappa shape index (κ1) is 21.6. The smallest absolute Gasteiger partial charge is 0.295 e. The molecule has 4 rings (SSSR count). The van der Waals surface area contributed by atoms with Gasteiger partial charge in [0, 0.05) is 18.3 Å². The van der Waals surface area contributed by atoms with Gasteiger partial charge in [-0.2, -0.15) is 0 Å². The Balaban J connectivity index is 1.61. The van der Waals surface area contributed by atoms with Crippen LogP contribution in [0.1, 0.15) is 16.1 Å². The number of amides is 1. The predicted molar refractivity (Wildman–Crippen MR) is 125 cm³/mol. The number of benzene rings is 2. The SMILES string of the molecule is Cc1c(NC(=O)c2cccc(NS(=O)(=O)c3cccs3)c2)c(=O)n(-c2ccccc2)n1C. The van der Waals surface area contributed by atoms with Crippen LogP contribution in [0.2, 0.25) is 0 Å². The zero-order valence-corrected chi connectivity index (χ0v) is 18.9. The van der Waals surface area contributed by atoms with Gasteiger partial charge in [0.05, 0.1) is 11.4 Å². The molecule has 0 unspecified atom stereocenters. The summed E-state index contributed by atoms with van der Waals surface area (Å²) < 4.78 is 30.7. The highest BCUT2D eigenvalue weighted by atomic mass is 32.2. The van der Waals surface area contributed by atoms with Gasteiger partial charge in [-0.15, -0.1) is 11.3 Å². The monoisotopic (exact) mass is 468 g/mol. The first-order chi connectivity index (χ1) is 15.3. The third-order valence-electron chi connectivity index (χ3n) is 4.93. The van der Waals surface area contributed by atoms with Crippen molar-refractivity contribution in [2.24, 2.45) is 7.05 Å². The molecule has 2 aromatic heterocycles. The summed E-state index contributed by atoms with van der Waals surface area (Å²) in [6.45, 7) is 1.74. The molecule has 1 amide bonds. The second-order valence-corrected chi connectivity index (χ2v) is 9.87. The van der Waals surface area contributed by atoms with Crippen LogP contribution in [-0.4, -0.2) is 23.7 Å². The van der Waals surface area contributed by atoms with Gasteiger partial charge in [0.25, 0.3) is 21.5 Å². The fourth-order valence-electron chi connectivity index (χ4n) is 3.24. The number of carbonyl (C=O) groups is 1. The number of hydrogen-bond donors (Lipinski definition) is 2. The van der Waals surface area contributed by atoms with Gasteiger partial charge in [-0.1, -0.05) is 30.3 Å². The number of hydrogen-bond acceptors (Lipinski definition) is 5. The van der Waals surface area contributed by atoms with Crippen molar-refractivity contribution in [1.29, 1.82) is 0 Å². The van der Waals surface area contributed by atoms with Crippen molar-refractivity contribution in [3.8, 4) is 5.69 Å². The molecule has 0 spiro atoms. The number of nitrogens with zero attached hydrogens (tertiary/aromatic N) is 2. The van der Waals surface area contributed by atoms with Crippen molar-refractivity contribution in [2.75, 3.05) is 10.0 Å². The van der Waals surface area contributed by atoms with E-state index in [0.717, 1.165) is 11.3 Å². The van der Waals surface area contributed by atoms with Crippen LogP contribution in [0.15, 0.2) is 81.1 Å². The zero-order valence-electron chi connectivity index (χ0n) is 17.3. The van der Waals surface area contributed by atoms with Gasteiger partial charge >= 0.3 is 0 Å². The quantitative estimate of drug-likeness (QED) is 0.451. The number of anilines is 2. The molecule has 4 aromatic rings. The van der Waals surface area contributed by atoms with E-state index in [0.29, 0.717) is 11.4 Å². The summed E-state index contributed by atoms with van der Waals surface area (Å²) in [7, 11) is -2.00. The number of sulfonamides is 1. The topological polar surface area (TPSA) is 102 Å². The second kappa shape index (κ2) is 8.48. The molecule has 0 fully saturated rings. The maximum atomic E-state index is 13.0. The van der Waals surface area contributed by atoms with Crippen LogP contribution in [0.5, 0.6) is 0 Å². The summed E-state index contributed by atoms with van der Waals surface area (Å²) in [6.07, 6.45) is 0. The van der Waals surface area contributed by atoms with E-state index in [1.807, 2.05) is 18.2 Å². The van der Waals surface area contributed by atoms with E-state index in [1.165, 1.54) is 16.8 Å². The third kappa shape index (κ3) is 4.10. The molecule has 0 aliphatic heterocycles. The standard InChI is InChI=1S/C22H20N4O4S2/c1-15-20(22(28)26(25(15)2)18-10-4-3-5-11-18)23-21(27)16-8-6-9-17(14-16)24-32(29,30)19-12-7-13-31-19/h3-14,24H,1-2H3,(H,23,27). The molecule has 0 saturated carbocycles. The van der Waals surface area contributed by atoms with Crippen LogP contribution < -0.4 is 15.6 Å². The summed E-state index contributed by atoms with van der Waals surface area (Å²) in [5.41, 5.74) is 1.52. The highest BCUT2D eigenvalue weighted by molar-refractivity contribution is 7.94. The molecule has 2 heterocycles. The number of nitrogens with one attached hydrogen (secondary N) is 2. The fraction of sp³-hybridized carbons (Fsp3) is 0.0909. The van der Waals surface area contributed by atoms with Crippen LogP contribution in [-0.2, 0) is 17.1 Å². The van der Waals surface area contributed by atoms with Crippen molar-refractivity contribution in [3.63, 3.8) is 0 Å². The van der Waals surface area contributed by atoms with Gasteiger partial charge in [0.2, 0.25) is 0 Å². The lowest BCUT2D eigenvalue weighted by molar-refractivity contribution is 0.102. The summed E-state index contributed by atoms with van der Waals surface area (Å²) in [5.74, 6) is -0.520. The molecular weight excluding hydrogens is 448 g/mol. The van der Waals surface area contributed by atoms with Gasteiger partial charge in [-0.25, -0.2) is 13.1 Å². The molecule has 32 heavy (non-hydrogen) atoms. The van der Waals surface area contributed by atoms with Gasteiger partial charge in [0.15, 0.2) is 0 Å². The van der Waals surface area contributed by atoms with Gasteiger partial charge in [-0.3, -0.25) is 19.0 Å². The minimum Gasteiger partial charge on any atom is -0.316 e. The minimum absolute atomic E-state index is 0.158. The largest absolute Gasteiger partial charge is 0.316 e. The Morgan fingerprint density at radius 2 is 1.75 bits per heavy atom. The van der Waals surface area contributed by atoms with E-state index < -0.39 is 15.9 Å². The molecule has 0 aliphatic rings. The molecule has 10 heteroatoms. The average molecular weight is 469 g/mol. The highest BCUT2D eigenvalue weighted by Gasteiger charge is 2.20. The summed E-state index contributed by atoms with van der Waals surface area (Å²) in [5, 5.41) is 4.34. The molecule has 0 saturated heterocycles. The predicted octanol–water partition coefficient (Wildman–Crippen LogP) is 3.60. The first-order valence-electron chi connectivity index (χ1n) is 9.60. The van der Waals surface area contributed by atoms with E-state index >= 15 is 0 Å². The van der Waals surface area contributed by atoms with Crippen molar-refractivity contribution < 1.29 is 13.2 Å². The van der Waals surface area contributed by atoms with Crippen molar-refractivity contribution in [3.05, 3.63) is 93.7 Å². The van der Waals surface area contributed by atoms with E-state index in [-0.39, 0.29) is 26.7 Å². The summed E-state index contributed by atoms with van der Waals surface area (Å²) >= 11 is 1.10. The Morgan fingerprint density at radius 1 is 1.00 bits per heavy atom. The van der Waals surface area contributed by atoms with Crippen LogP contribution in [0.3, 0.4) is 0 Å². The molecule has 8 nitrogen and oxygen atoms in total. The maximum absolute atomic E-state index is 13.0. The average Bonchev–Trinajstić information content (AvgIpc) is 3.39. The fourth-order valence-corrected chi connectivity index (χ4v) is 5.29. The summed E-state index contributed by atoms with van der Waals surface area (Å²) in [6, 6.07) is 18.3. The Morgan fingerprint density at radius 3 is 2.44 bits per heavy atom. The summed E-state index contributed by atoms with van der Waals surface area (Å²) in [4.78, 5) is 25.9. The molecule has 2 aromatic carbocycles. The van der Waals surface area contributed by atoms with Crippen LogP contribution in [0, 0.1) is 6.92 Å². The van der Waals surface area contributed by atoms with Crippen LogP contribution >= 0.6 is 11.3 Å². The van der Waals surface area contributed by atoms with Crippen molar-refractivity contribution in [1.82, 2.24) is 9.36 Å². The molecule has 0 bridgehead atoms. The number of carbonyl (C=O) groups excluding carboxylic acids is 1. The van der Waals surface area contributed by atoms with E-state index in [4.69, 9.17) is 0 Å². The third-order valence-corrected chi connectivity index (χ3v) is 7.71. The molecule has 0 atom stereocenters. The molecule has 0 radical (unpaired) electrons. The first-order valence-corrected chi connectivity index (χ1v) is 12.0. The van der Waals surface area contributed by atoms with E-state index in [9.17, 15) is 18.0 Å². The Labute approximate surface area is 188 Å². The molecule has 2 N–H and O–H groups in total.